The van der Waals surface area contributed by atoms with E-state index in [1.54, 1.807) is 18.2 Å². The zero-order valence-corrected chi connectivity index (χ0v) is 19.2. The first kappa shape index (κ1) is 22.2. The third kappa shape index (κ3) is 2.93. The molecule has 0 bridgehead atoms. The lowest BCUT2D eigenvalue weighted by molar-refractivity contribution is -0.123. The van der Waals surface area contributed by atoms with Crippen LogP contribution in [0, 0.1) is 25.5 Å². The average molecular weight is 483 g/mol. The number of benzene rings is 3. The van der Waals surface area contributed by atoms with Gasteiger partial charge in [-0.25, -0.2) is 17.2 Å². The number of carbonyl (C=O) groups is 2. The summed E-state index contributed by atoms with van der Waals surface area (Å²) in [6.45, 7) is 3.88. The highest BCUT2D eigenvalue weighted by Gasteiger charge is 2.69. The molecule has 1 saturated heterocycles. The topological polar surface area (TPSA) is 74.8 Å². The largest absolute Gasteiger partial charge is 0.304 e. The fraction of sp³-hybridized carbons (Fsp3) is 0.200. The number of hydrogen-bond donors (Lipinski definition) is 0. The van der Waals surface area contributed by atoms with E-state index < -0.39 is 43.9 Å². The van der Waals surface area contributed by atoms with Crippen molar-refractivity contribution in [3.8, 4) is 0 Å². The summed E-state index contributed by atoms with van der Waals surface area (Å²) in [6.07, 6.45) is 0. The van der Waals surface area contributed by atoms with Crippen molar-refractivity contribution >= 4 is 33.0 Å². The van der Waals surface area contributed by atoms with E-state index in [9.17, 15) is 26.8 Å². The van der Waals surface area contributed by atoms with Crippen LogP contribution in [0.2, 0.25) is 0 Å². The van der Waals surface area contributed by atoms with E-state index in [4.69, 9.17) is 0 Å². The van der Waals surface area contributed by atoms with E-state index in [0.29, 0.717) is 5.69 Å². The Morgan fingerprint density at radius 3 is 2.41 bits per heavy atom. The molecule has 2 amide bonds. The van der Waals surface area contributed by atoms with Gasteiger partial charge < -0.3 is 4.90 Å². The van der Waals surface area contributed by atoms with E-state index in [0.717, 1.165) is 39.8 Å². The molecule has 0 aliphatic carbocycles. The second kappa shape index (κ2) is 7.46. The van der Waals surface area contributed by atoms with Gasteiger partial charge in [0.05, 0.1) is 12.2 Å². The summed E-state index contributed by atoms with van der Waals surface area (Å²) >= 11 is 0. The number of halogens is 2. The standard InChI is InChI=1S/C25H20F2N2O4S/c1-15-7-8-16(2)17(11-15)13-28-22-6-4-3-5-19(22)25(24(28)31)29(23(30)14-34(25,32)33)18-9-10-20(26)21(27)12-18/h3-12H,13-14H2,1-2H3. The number of anilines is 2. The smallest absolute Gasteiger partial charge is 0.274 e. The fourth-order valence-corrected chi connectivity index (χ4v) is 6.85. The van der Waals surface area contributed by atoms with Gasteiger partial charge in [0.1, 0.15) is 5.75 Å². The highest BCUT2D eigenvalue weighted by molar-refractivity contribution is 7.94. The van der Waals surface area contributed by atoms with Crippen molar-refractivity contribution in [3.63, 3.8) is 0 Å². The van der Waals surface area contributed by atoms with Crippen LogP contribution in [0.3, 0.4) is 0 Å². The van der Waals surface area contributed by atoms with Crippen LogP contribution in [-0.2, 0) is 30.8 Å². The van der Waals surface area contributed by atoms with E-state index in [2.05, 4.69) is 0 Å². The van der Waals surface area contributed by atoms with Gasteiger partial charge >= 0.3 is 0 Å². The number of aryl methyl sites for hydroxylation is 2. The van der Waals surface area contributed by atoms with Crippen molar-refractivity contribution in [2.75, 3.05) is 15.6 Å². The molecule has 174 valence electrons. The van der Waals surface area contributed by atoms with Gasteiger partial charge in [-0.05, 0) is 43.2 Å². The van der Waals surface area contributed by atoms with Crippen LogP contribution in [0.15, 0.2) is 60.7 Å². The fourth-order valence-electron chi connectivity index (χ4n) is 4.81. The molecule has 5 rings (SSSR count). The Bertz CT molecular complexity index is 1490. The quantitative estimate of drug-likeness (QED) is 0.570. The third-order valence-electron chi connectivity index (χ3n) is 6.42. The molecule has 2 aliphatic rings. The van der Waals surface area contributed by atoms with Crippen LogP contribution in [-0.4, -0.2) is 26.0 Å². The lowest BCUT2D eigenvalue weighted by atomic mass is 10.0. The van der Waals surface area contributed by atoms with Crippen LogP contribution in [0.5, 0.6) is 0 Å². The van der Waals surface area contributed by atoms with Gasteiger partial charge in [-0.2, -0.15) is 0 Å². The molecular formula is C25H20F2N2O4S. The van der Waals surface area contributed by atoms with Gasteiger partial charge in [0, 0.05) is 17.3 Å². The lowest BCUT2D eigenvalue weighted by Crippen LogP contribution is -2.54. The molecule has 1 unspecified atom stereocenters. The predicted octanol–water partition coefficient (Wildman–Crippen LogP) is 3.74. The van der Waals surface area contributed by atoms with Gasteiger partial charge in [-0.15, -0.1) is 0 Å². The first-order chi connectivity index (χ1) is 16.1. The lowest BCUT2D eigenvalue weighted by Gasteiger charge is -2.32. The van der Waals surface area contributed by atoms with Crippen LogP contribution < -0.4 is 9.80 Å². The summed E-state index contributed by atoms with van der Waals surface area (Å²) in [6, 6.07) is 14.8. The summed E-state index contributed by atoms with van der Waals surface area (Å²) < 4.78 is 54.8. The first-order valence-electron chi connectivity index (χ1n) is 10.6. The molecule has 0 radical (unpaired) electrons. The molecule has 6 nitrogen and oxygen atoms in total. The second-order valence-corrected chi connectivity index (χ2v) is 10.7. The van der Waals surface area contributed by atoms with Crippen molar-refractivity contribution in [3.05, 3.63) is 94.6 Å². The Morgan fingerprint density at radius 1 is 0.941 bits per heavy atom. The summed E-state index contributed by atoms with van der Waals surface area (Å²) in [5, 5.41) is 0. The van der Waals surface area contributed by atoms with Gasteiger partial charge in [-0.3, -0.25) is 14.5 Å². The summed E-state index contributed by atoms with van der Waals surface area (Å²) in [7, 11) is -4.39. The van der Waals surface area contributed by atoms with E-state index in [-0.39, 0.29) is 17.8 Å². The highest BCUT2D eigenvalue weighted by Crippen LogP contribution is 2.52. The minimum absolute atomic E-state index is 0.0838. The third-order valence-corrected chi connectivity index (χ3v) is 8.52. The van der Waals surface area contributed by atoms with Crippen molar-refractivity contribution in [2.24, 2.45) is 0 Å². The maximum absolute atomic E-state index is 14.1. The Labute approximate surface area is 195 Å². The van der Waals surface area contributed by atoms with Crippen molar-refractivity contribution < 1.29 is 26.8 Å². The Morgan fingerprint density at radius 2 is 1.68 bits per heavy atom. The minimum Gasteiger partial charge on any atom is -0.304 e. The van der Waals surface area contributed by atoms with Crippen molar-refractivity contribution in [1.82, 2.24) is 0 Å². The number of rotatable bonds is 3. The van der Waals surface area contributed by atoms with Gasteiger partial charge in [0.2, 0.25) is 5.91 Å². The molecule has 0 saturated carbocycles. The first-order valence-corrected chi connectivity index (χ1v) is 12.2. The number of nitrogens with zero attached hydrogens (tertiary/aromatic N) is 2. The van der Waals surface area contributed by atoms with Gasteiger partial charge in [0.15, 0.2) is 21.5 Å². The Hall–Kier alpha value is -3.59. The molecular weight excluding hydrogens is 462 g/mol. The number of hydrogen-bond acceptors (Lipinski definition) is 4. The number of amides is 2. The Kier molecular flexibility index (Phi) is 4.87. The second-order valence-electron chi connectivity index (χ2n) is 8.57. The normalized spacial score (nSPS) is 20.9. The molecule has 3 aromatic carbocycles. The zero-order chi connectivity index (χ0) is 24.4. The van der Waals surface area contributed by atoms with Crippen molar-refractivity contribution in [1.29, 1.82) is 0 Å². The number of sulfone groups is 1. The zero-order valence-electron chi connectivity index (χ0n) is 18.4. The molecule has 3 aromatic rings. The minimum atomic E-state index is -4.39. The molecule has 34 heavy (non-hydrogen) atoms. The molecule has 1 spiro atoms. The number of para-hydroxylation sites is 1. The van der Waals surface area contributed by atoms with Crippen LogP contribution in [0.1, 0.15) is 22.3 Å². The van der Waals surface area contributed by atoms with Crippen LogP contribution in [0.4, 0.5) is 20.2 Å². The SMILES string of the molecule is Cc1ccc(C)c(CN2C(=O)C3(c4ccccc42)N(c2ccc(F)c(F)c2)C(=O)CS3(=O)=O)c1. The monoisotopic (exact) mass is 482 g/mol. The van der Waals surface area contributed by atoms with E-state index in [1.807, 2.05) is 32.0 Å². The van der Waals surface area contributed by atoms with Gasteiger partial charge in [0.25, 0.3) is 10.8 Å². The molecule has 1 fully saturated rings. The molecule has 2 aliphatic heterocycles. The summed E-state index contributed by atoms with van der Waals surface area (Å²) in [5.74, 6) is -5.05. The Balaban J connectivity index is 1.75. The van der Waals surface area contributed by atoms with Crippen LogP contribution in [0.25, 0.3) is 0 Å². The number of carbonyl (C=O) groups excluding carboxylic acids is 2. The average Bonchev–Trinajstić information content (AvgIpc) is 3.15. The predicted molar refractivity (Wildman–Crippen MR) is 123 cm³/mol. The number of fused-ring (bicyclic) bond motifs is 2. The van der Waals surface area contributed by atoms with E-state index >= 15 is 0 Å². The molecule has 9 heteroatoms. The van der Waals surface area contributed by atoms with Crippen LogP contribution >= 0.6 is 0 Å². The maximum Gasteiger partial charge on any atom is 0.274 e. The van der Waals surface area contributed by atoms with Gasteiger partial charge in [-0.1, -0.05) is 42.0 Å². The molecule has 0 N–H and O–H groups in total. The molecule has 1 atom stereocenters. The van der Waals surface area contributed by atoms with Crippen molar-refractivity contribution in [2.45, 2.75) is 25.3 Å². The highest BCUT2D eigenvalue weighted by atomic mass is 32.2. The maximum atomic E-state index is 14.1. The molecule has 0 aromatic heterocycles. The summed E-state index contributed by atoms with van der Waals surface area (Å²) in [4.78, 5) is 26.8. The summed E-state index contributed by atoms with van der Waals surface area (Å²) in [5.41, 5.74) is 2.96. The van der Waals surface area contributed by atoms with E-state index in [1.165, 1.54) is 11.0 Å². The molecule has 2 heterocycles.